The molecule has 17 heavy (non-hydrogen) atoms. The molecule has 0 fully saturated rings. The number of halogens is 1. The quantitative estimate of drug-likeness (QED) is 0.843. The van der Waals surface area contributed by atoms with Gasteiger partial charge in [-0.05, 0) is 40.5 Å². The summed E-state index contributed by atoms with van der Waals surface area (Å²) in [4.78, 5) is 0. The fraction of sp³-hybridized carbons (Fsp3) is 0.500. The highest BCUT2D eigenvalue weighted by molar-refractivity contribution is 9.10. The highest BCUT2D eigenvalue weighted by Gasteiger charge is 2.10. The molecule has 1 aromatic rings. The highest BCUT2D eigenvalue weighted by Crippen LogP contribution is 2.36. The van der Waals surface area contributed by atoms with Gasteiger partial charge in [-0.1, -0.05) is 0 Å². The number of methoxy groups -OCH3 is 2. The summed E-state index contributed by atoms with van der Waals surface area (Å²) in [6.45, 7) is 2.98. The van der Waals surface area contributed by atoms with Crippen LogP contribution in [0, 0.1) is 0 Å². The van der Waals surface area contributed by atoms with E-state index in [0.29, 0.717) is 24.6 Å². The van der Waals surface area contributed by atoms with Gasteiger partial charge < -0.3 is 19.9 Å². The maximum atomic E-state index is 9.15. The maximum Gasteiger partial charge on any atom is 0.174 e. The van der Waals surface area contributed by atoms with Gasteiger partial charge in [-0.3, -0.25) is 0 Å². The second-order valence-electron chi connectivity index (χ2n) is 3.79. The van der Waals surface area contributed by atoms with Crippen LogP contribution in [0.1, 0.15) is 12.5 Å². The average Bonchev–Trinajstić information content (AvgIpc) is 2.27. The smallest absolute Gasteiger partial charge is 0.174 e. The fourth-order valence-electron chi connectivity index (χ4n) is 1.50. The lowest BCUT2D eigenvalue weighted by molar-refractivity contribution is 0.191. The van der Waals surface area contributed by atoms with E-state index in [1.54, 1.807) is 21.1 Å². The zero-order valence-electron chi connectivity index (χ0n) is 10.3. The Hall–Kier alpha value is -0.780. The molecule has 0 unspecified atom stereocenters. The van der Waals surface area contributed by atoms with Crippen molar-refractivity contribution in [3.8, 4) is 11.5 Å². The van der Waals surface area contributed by atoms with Gasteiger partial charge in [-0.25, -0.2) is 0 Å². The van der Waals surface area contributed by atoms with Crippen molar-refractivity contribution in [3.63, 3.8) is 0 Å². The first-order chi connectivity index (χ1) is 8.08. The number of nitrogens with one attached hydrogen (secondary N) is 1. The van der Waals surface area contributed by atoms with Crippen LogP contribution in [-0.4, -0.2) is 32.0 Å². The van der Waals surface area contributed by atoms with Crippen LogP contribution in [0.4, 0.5) is 0 Å². The summed E-state index contributed by atoms with van der Waals surface area (Å²) in [6.07, 6.45) is -0.349. The van der Waals surface area contributed by atoms with Crippen LogP contribution in [0.2, 0.25) is 0 Å². The number of benzene rings is 1. The Kier molecular flexibility index (Phi) is 5.74. The standard InChI is InChI=1S/C12H18BrNO3/c1-8(15)6-14-7-9-4-10(13)12(17-3)11(5-9)16-2/h4-5,8,14-15H,6-7H2,1-3H3/t8-/m1/s1. The molecule has 0 amide bonds. The van der Waals surface area contributed by atoms with E-state index in [4.69, 9.17) is 14.6 Å². The molecule has 0 aliphatic carbocycles. The van der Waals surface area contributed by atoms with E-state index in [-0.39, 0.29) is 6.10 Å². The Labute approximate surface area is 110 Å². The Morgan fingerprint density at radius 3 is 2.59 bits per heavy atom. The zero-order valence-corrected chi connectivity index (χ0v) is 11.9. The molecule has 4 nitrogen and oxygen atoms in total. The van der Waals surface area contributed by atoms with E-state index in [2.05, 4.69) is 21.2 Å². The van der Waals surface area contributed by atoms with Crippen molar-refractivity contribution in [2.45, 2.75) is 19.6 Å². The Balaban J connectivity index is 2.77. The number of rotatable bonds is 6. The molecule has 1 aromatic carbocycles. The predicted octanol–water partition coefficient (Wildman–Crippen LogP) is 1.94. The van der Waals surface area contributed by atoms with Gasteiger partial charge in [-0.15, -0.1) is 0 Å². The van der Waals surface area contributed by atoms with Crippen LogP contribution in [0.3, 0.4) is 0 Å². The summed E-state index contributed by atoms with van der Waals surface area (Å²) in [5.41, 5.74) is 1.06. The van der Waals surface area contributed by atoms with Gasteiger partial charge in [0.05, 0.1) is 24.8 Å². The summed E-state index contributed by atoms with van der Waals surface area (Å²) in [5.74, 6) is 1.38. The second kappa shape index (κ2) is 6.83. The number of aliphatic hydroxyl groups is 1. The van der Waals surface area contributed by atoms with Gasteiger partial charge in [0.25, 0.3) is 0 Å². The summed E-state index contributed by atoms with van der Waals surface area (Å²) in [6, 6.07) is 3.88. The SMILES string of the molecule is COc1cc(CNC[C@@H](C)O)cc(Br)c1OC. The van der Waals surface area contributed by atoms with Gasteiger partial charge in [0.1, 0.15) is 0 Å². The lowest BCUT2D eigenvalue weighted by atomic mass is 10.2. The molecule has 1 rings (SSSR count). The first-order valence-corrected chi connectivity index (χ1v) is 6.17. The van der Waals surface area contributed by atoms with Crippen LogP contribution < -0.4 is 14.8 Å². The molecule has 0 aromatic heterocycles. The number of ether oxygens (including phenoxy) is 2. The minimum Gasteiger partial charge on any atom is -0.493 e. The second-order valence-corrected chi connectivity index (χ2v) is 4.65. The molecule has 0 heterocycles. The molecule has 0 spiro atoms. The maximum absolute atomic E-state index is 9.15. The molecular weight excluding hydrogens is 286 g/mol. The van der Waals surface area contributed by atoms with Crippen LogP contribution in [-0.2, 0) is 6.54 Å². The van der Waals surface area contributed by atoms with Gasteiger partial charge in [0.15, 0.2) is 11.5 Å². The minimum atomic E-state index is -0.349. The molecule has 0 radical (unpaired) electrons. The Morgan fingerprint density at radius 1 is 1.35 bits per heavy atom. The Bertz CT molecular complexity index is 369. The third-order valence-electron chi connectivity index (χ3n) is 2.26. The van der Waals surface area contributed by atoms with Crippen LogP contribution >= 0.6 is 15.9 Å². The molecule has 5 heteroatoms. The van der Waals surface area contributed by atoms with Crippen molar-refractivity contribution in [3.05, 3.63) is 22.2 Å². The minimum absolute atomic E-state index is 0.349. The molecule has 0 aliphatic heterocycles. The average molecular weight is 304 g/mol. The predicted molar refractivity (Wildman–Crippen MR) is 70.6 cm³/mol. The van der Waals surface area contributed by atoms with E-state index < -0.39 is 0 Å². The van der Waals surface area contributed by atoms with Crippen molar-refractivity contribution >= 4 is 15.9 Å². The molecule has 0 saturated heterocycles. The van der Waals surface area contributed by atoms with E-state index in [0.717, 1.165) is 10.0 Å². The number of aliphatic hydroxyl groups excluding tert-OH is 1. The summed E-state index contributed by atoms with van der Waals surface area (Å²) in [5, 5.41) is 12.3. The molecule has 0 saturated carbocycles. The highest BCUT2D eigenvalue weighted by atomic mass is 79.9. The van der Waals surface area contributed by atoms with E-state index >= 15 is 0 Å². The Morgan fingerprint density at radius 2 is 2.06 bits per heavy atom. The van der Waals surface area contributed by atoms with Gasteiger partial charge in [0.2, 0.25) is 0 Å². The van der Waals surface area contributed by atoms with Crippen molar-refractivity contribution < 1.29 is 14.6 Å². The van der Waals surface area contributed by atoms with Gasteiger partial charge >= 0.3 is 0 Å². The van der Waals surface area contributed by atoms with Crippen LogP contribution in [0.5, 0.6) is 11.5 Å². The normalized spacial score (nSPS) is 12.3. The fourth-order valence-corrected chi connectivity index (χ4v) is 2.15. The van der Waals surface area contributed by atoms with Crippen molar-refractivity contribution in [2.75, 3.05) is 20.8 Å². The van der Waals surface area contributed by atoms with Crippen LogP contribution in [0.25, 0.3) is 0 Å². The topological polar surface area (TPSA) is 50.7 Å². The first kappa shape index (κ1) is 14.3. The largest absolute Gasteiger partial charge is 0.493 e. The van der Waals surface area contributed by atoms with Crippen LogP contribution in [0.15, 0.2) is 16.6 Å². The third-order valence-corrected chi connectivity index (χ3v) is 2.85. The van der Waals surface area contributed by atoms with Gasteiger partial charge in [-0.2, -0.15) is 0 Å². The number of hydrogen-bond acceptors (Lipinski definition) is 4. The lowest BCUT2D eigenvalue weighted by Gasteiger charge is -2.13. The van der Waals surface area contributed by atoms with Gasteiger partial charge in [0, 0.05) is 13.1 Å². The molecule has 2 N–H and O–H groups in total. The molecule has 0 bridgehead atoms. The zero-order chi connectivity index (χ0) is 12.8. The van der Waals surface area contributed by atoms with E-state index in [9.17, 15) is 0 Å². The van der Waals surface area contributed by atoms with Crippen molar-refractivity contribution in [2.24, 2.45) is 0 Å². The summed E-state index contributed by atoms with van der Waals surface area (Å²) in [7, 11) is 3.21. The molecule has 1 atom stereocenters. The van der Waals surface area contributed by atoms with Crippen molar-refractivity contribution in [1.29, 1.82) is 0 Å². The van der Waals surface area contributed by atoms with E-state index in [1.807, 2.05) is 12.1 Å². The monoisotopic (exact) mass is 303 g/mol. The lowest BCUT2D eigenvalue weighted by Crippen LogP contribution is -2.23. The third kappa shape index (κ3) is 4.18. The summed E-state index contributed by atoms with van der Waals surface area (Å²) >= 11 is 3.44. The van der Waals surface area contributed by atoms with E-state index in [1.165, 1.54) is 0 Å². The number of hydrogen-bond donors (Lipinski definition) is 2. The molecule has 96 valence electrons. The molecular formula is C12H18BrNO3. The first-order valence-electron chi connectivity index (χ1n) is 5.37. The molecule has 0 aliphatic rings. The van der Waals surface area contributed by atoms with Crippen molar-refractivity contribution in [1.82, 2.24) is 5.32 Å². The summed E-state index contributed by atoms with van der Waals surface area (Å²) < 4.78 is 11.3.